The summed E-state index contributed by atoms with van der Waals surface area (Å²) in [6.07, 6.45) is 2.84. The van der Waals surface area contributed by atoms with E-state index in [-0.39, 0.29) is 0 Å². The minimum atomic E-state index is 0.526. The van der Waals surface area contributed by atoms with Gasteiger partial charge in [-0.25, -0.2) is 4.98 Å². The van der Waals surface area contributed by atoms with Crippen LogP contribution >= 0.6 is 27.3 Å². The topological polar surface area (TPSA) is 40.7 Å². The van der Waals surface area contributed by atoms with Gasteiger partial charge in [0.15, 0.2) is 0 Å². The Kier molecular flexibility index (Phi) is 4.36. The Balaban J connectivity index is 1.96. The summed E-state index contributed by atoms with van der Waals surface area (Å²) in [4.78, 5) is 8.96. The van der Waals surface area contributed by atoms with E-state index in [1.165, 1.54) is 4.88 Å². The molecule has 2 aromatic heterocycles. The Morgan fingerprint density at radius 3 is 2.94 bits per heavy atom. The number of H-pyrrole nitrogens is 1. The summed E-state index contributed by atoms with van der Waals surface area (Å²) in [5.74, 6) is 1.04. The van der Waals surface area contributed by atoms with Gasteiger partial charge < -0.3 is 10.3 Å². The van der Waals surface area contributed by atoms with Gasteiger partial charge in [0, 0.05) is 19.0 Å². The van der Waals surface area contributed by atoms with Gasteiger partial charge in [0.2, 0.25) is 0 Å². The highest BCUT2D eigenvalue weighted by Gasteiger charge is 2.05. The molecule has 0 aliphatic carbocycles. The molecule has 0 aliphatic heterocycles. The van der Waals surface area contributed by atoms with Gasteiger partial charge in [-0.15, -0.1) is 11.3 Å². The van der Waals surface area contributed by atoms with Crippen LogP contribution in [-0.2, 0) is 6.42 Å². The third kappa shape index (κ3) is 3.66. The smallest absolute Gasteiger partial charge is 0.107 e. The van der Waals surface area contributed by atoms with E-state index in [4.69, 9.17) is 0 Å². The number of hydrogen-bond acceptors (Lipinski definition) is 3. The van der Waals surface area contributed by atoms with Crippen molar-refractivity contribution in [1.29, 1.82) is 0 Å². The van der Waals surface area contributed by atoms with Gasteiger partial charge in [0.1, 0.15) is 5.82 Å². The van der Waals surface area contributed by atoms with E-state index < -0.39 is 0 Å². The van der Waals surface area contributed by atoms with Crippen LogP contribution < -0.4 is 5.32 Å². The number of hydrogen-bond donors (Lipinski definition) is 2. The fourth-order valence-electron chi connectivity index (χ4n) is 1.55. The molecule has 0 radical (unpaired) electrons. The highest BCUT2D eigenvalue weighted by Crippen LogP contribution is 2.29. The zero-order valence-electron chi connectivity index (χ0n) is 9.96. The molecule has 0 aromatic carbocycles. The Hall–Kier alpha value is -0.650. The Morgan fingerprint density at radius 1 is 1.47 bits per heavy atom. The van der Waals surface area contributed by atoms with Crippen molar-refractivity contribution in [3.8, 4) is 10.6 Å². The lowest BCUT2D eigenvalue weighted by Gasteiger charge is -2.05. The molecule has 0 spiro atoms. The van der Waals surface area contributed by atoms with E-state index in [1.807, 2.05) is 6.20 Å². The Morgan fingerprint density at radius 2 is 2.29 bits per heavy atom. The minimum absolute atomic E-state index is 0.526. The number of imidazole rings is 1. The molecule has 0 unspecified atom stereocenters. The van der Waals surface area contributed by atoms with Crippen molar-refractivity contribution < 1.29 is 0 Å². The number of rotatable bonds is 5. The van der Waals surface area contributed by atoms with Crippen LogP contribution in [-0.4, -0.2) is 22.6 Å². The average molecular weight is 314 g/mol. The van der Waals surface area contributed by atoms with Gasteiger partial charge in [-0.1, -0.05) is 13.8 Å². The summed E-state index contributed by atoms with van der Waals surface area (Å²) in [6.45, 7) is 5.26. The van der Waals surface area contributed by atoms with E-state index in [0.717, 1.165) is 28.3 Å². The fourth-order valence-corrected chi connectivity index (χ4v) is 2.90. The van der Waals surface area contributed by atoms with Gasteiger partial charge in [-0.2, -0.15) is 0 Å². The maximum Gasteiger partial charge on any atom is 0.107 e. The molecule has 0 saturated carbocycles. The number of aromatic amines is 1. The number of halogens is 1. The van der Waals surface area contributed by atoms with Crippen LogP contribution in [0.5, 0.6) is 0 Å². The lowest BCUT2D eigenvalue weighted by atomic mass is 10.3. The van der Waals surface area contributed by atoms with E-state index >= 15 is 0 Å². The Labute approximate surface area is 114 Å². The third-order valence-corrected chi connectivity index (χ3v) is 4.04. The molecule has 2 aromatic rings. The molecular formula is C12H16BrN3S. The lowest BCUT2D eigenvalue weighted by molar-refractivity contribution is 0.584. The SMILES string of the molecule is CC(C)NCCc1ncc(-c2ccc(Br)s2)[nH]1. The van der Waals surface area contributed by atoms with E-state index in [9.17, 15) is 0 Å². The molecule has 0 saturated heterocycles. The van der Waals surface area contributed by atoms with E-state index in [2.05, 4.69) is 57.2 Å². The van der Waals surface area contributed by atoms with Crippen molar-refractivity contribution in [2.45, 2.75) is 26.3 Å². The highest BCUT2D eigenvalue weighted by molar-refractivity contribution is 9.11. The molecule has 17 heavy (non-hydrogen) atoms. The molecule has 2 N–H and O–H groups in total. The summed E-state index contributed by atoms with van der Waals surface area (Å²) in [7, 11) is 0. The van der Waals surface area contributed by atoms with Crippen molar-refractivity contribution in [2.75, 3.05) is 6.54 Å². The molecule has 5 heteroatoms. The van der Waals surface area contributed by atoms with Crippen molar-refractivity contribution >= 4 is 27.3 Å². The van der Waals surface area contributed by atoms with E-state index in [1.54, 1.807) is 11.3 Å². The largest absolute Gasteiger partial charge is 0.341 e. The van der Waals surface area contributed by atoms with Gasteiger partial charge >= 0.3 is 0 Å². The molecule has 0 aliphatic rings. The molecule has 0 fully saturated rings. The van der Waals surface area contributed by atoms with Gasteiger partial charge in [0.05, 0.1) is 20.6 Å². The molecule has 0 atom stereocenters. The summed E-state index contributed by atoms with van der Waals surface area (Å²) in [5, 5.41) is 3.38. The zero-order valence-corrected chi connectivity index (χ0v) is 12.4. The first kappa shape index (κ1) is 12.8. The highest BCUT2D eigenvalue weighted by atomic mass is 79.9. The first-order chi connectivity index (χ1) is 8.15. The predicted octanol–water partition coefficient (Wildman–Crippen LogP) is 3.44. The number of aromatic nitrogens is 2. The first-order valence-corrected chi connectivity index (χ1v) is 7.29. The maximum atomic E-state index is 4.39. The van der Waals surface area contributed by atoms with Crippen molar-refractivity contribution in [3.05, 3.63) is 27.9 Å². The summed E-state index contributed by atoms with van der Waals surface area (Å²) < 4.78 is 1.14. The summed E-state index contributed by atoms with van der Waals surface area (Å²) >= 11 is 5.18. The maximum absolute atomic E-state index is 4.39. The molecule has 0 amide bonds. The molecule has 2 rings (SSSR count). The van der Waals surface area contributed by atoms with Crippen LogP contribution in [0.1, 0.15) is 19.7 Å². The zero-order chi connectivity index (χ0) is 12.3. The van der Waals surface area contributed by atoms with Crippen molar-refractivity contribution in [1.82, 2.24) is 15.3 Å². The second kappa shape index (κ2) is 5.80. The van der Waals surface area contributed by atoms with Gasteiger partial charge in [-0.3, -0.25) is 0 Å². The Bertz CT molecular complexity index is 476. The normalized spacial score (nSPS) is 11.3. The van der Waals surface area contributed by atoms with Gasteiger partial charge in [0.25, 0.3) is 0 Å². The summed E-state index contributed by atoms with van der Waals surface area (Å²) in [5.41, 5.74) is 1.10. The van der Waals surface area contributed by atoms with Crippen LogP contribution in [0.25, 0.3) is 10.6 Å². The van der Waals surface area contributed by atoms with Crippen LogP contribution in [0, 0.1) is 0 Å². The van der Waals surface area contributed by atoms with Crippen molar-refractivity contribution in [2.24, 2.45) is 0 Å². The first-order valence-electron chi connectivity index (χ1n) is 5.68. The van der Waals surface area contributed by atoms with Crippen LogP contribution in [0.3, 0.4) is 0 Å². The van der Waals surface area contributed by atoms with Crippen LogP contribution in [0.2, 0.25) is 0 Å². The monoisotopic (exact) mass is 313 g/mol. The number of nitrogens with zero attached hydrogens (tertiary/aromatic N) is 1. The molecule has 2 heterocycles. The second-order valence-electron chi connectivity index (χ2n) is 4.21. The number of thiophene rings is 1. The average Bonchev–Trinajstić information content (AvgIpc) is 2.86. The van der Waals surface area contributed by atoms with Crippen molar-refractivity contribution in [3.63, 3.8) is 0 Å². The van der Waals surface area contributed by atoms with Crippen LogP contribution in [0.4, 0.5) is 0 Å². The fraction of sp³-hybridized carbons (Fsp3) is 0.417. The minimum Gasteiger partial charge on any atom is -0.341 e. The molecular weight excluding hydrogens is 298 g/mol. The molecule has 0 bridgehead atoms. The molecule has 92 valence electrons. The quantitative estimate of drug-likeness (QED) is 0.887. The second-order valence-corrected chi connectivity index (χ2v) is 6.67. The third-order valence-electron chi connectivity index (χ3n) is 2.38. The predicted molar refractivity (Wildman–Crippen MR) is 76.4 cm³/mol. The summed E-state index contributed by atoms with van der Waals surface area (Å²) in [6, 6.07) is 4.68. The van der Waals surface area contributed by atoms with Crippen LogP contribution in [0.15, 0.2) is 22.1 Å². The standard InChI is InChI=1S/C12H16BrN3S/c1-8(2)14-6-5-12-15-7-9(16-12)10-3-4-11(13)17-10/h3-4,7-8,14H,5-6H2,1-2H3,(H,15,16). The van der Waals surface area contributed by atoms with Gasteiger partial charge in [-0.05, 0) is 28.1 Å². The lowest BCUT2D eigenvalue weighted by Crippen LogP contribution is -2.25. The number of nitrogens with one attached hydrogen (secondary N) is 2. The molecule has 3 nitrogen and oxygen atoms in total. The van der Waals surface area contributed by atoms with E-state index in [0.29, 0.717) is 6.04 Å².